The van der Waals surface area contributed by atoms with Crippen LogP contribution in [0.3, 0.4) is 0 Å². The number of ether oxygens (including phenoxy) is 1. The third kappa shape index (κ3) is 4.55. The molecule has 0 fully saturated rings. The Morgan fingerprint density at radius 2 is 2.00 bits per heavy atom. The minimum Gasteiger partial charge on any atom is -0.484 e. The molecule has 150 valence electrons. The number of nitrogens with zero attached hydrogens (tertiary/aromatic N) is 1. The van der Waals surface area contributed by atoms with Crippen molar-refractivity contribution in [1.82, 2.24) is 10.5 Å². The molecule has 2 N–H and O–H groups in total. The van der Waals surface area contributed by atoms with Gasteiger partial charge in [-0.2, -0.15) is 0 Å². The maximum absolute atomic E-state index is 14.3. The fourth-order valence-corrected chi connectivity index (χ4v) is 2.87. The third-order valence-electron chi connectivity index (χ3n) is 4.03. The van der Waals surface area contributed by atoms with Crippen LogP contribution in [0.15, 0.2) is 47.0 Å². The smallest absolute Gasteiger partial charge is 0.261 e. The topological polar surface area (TPSA) is 93.5 Å². The first kappa shape index (κ1) is 20.3. The van der Waals surface area contributed by atoms with Crippen molar-refractivity contribution in [3.8, 4) is 17.0 Å². The molecule has 0 aliphatic heterocycles. The maximum Gasteiger partial charge on any atom is 0.261 e. The molecule has 1 aromatic heterocycles. The number of hydrogen-bond acceptors (Lipinski definition) is 5. The molecule has 0 saturated heterocycles. The van der Waals surface area contributed by atoms with E-state index in [0.29, 0.717) is 11.4 Å². The molecular formula is C20H17ClFN3O4. The van der Waals surface area contributed by atoms with E-state index in [-0.39, 0.29) is 40.1 Å². The van der Waals surface area contributed by atoms with Crippen LogP contribution < -0.4 is 15.4 Å². The molecule has 0 aliphatic rings. The van der Waals surface area contributed by atoms with Gasteiger partial charge in [-0.15, -0.1) is 0 Å². The second-order valence-electron chi connectivity index (χ2n) is 6.00. The van der Waals surface area contributed by atoms with Crippen LogP contribution in [0.2, 0.25) is 5.02 Å². The molecule has 0 spiro atoms. The summed E-state index contributed by atoms with van der Waals surface area (Å²) >= 11 is 6.10. The van der Waals surface area contributed by atoms with Gasteiger partial charge < -0.3 is 19.9 Å². The number of benzene rings is 2. The first-order chi connectivity index (χ1) is 13.9. The molecule has 0 saturated carbocycles. The summed E-state index contributed by atoms with van der Waals surface area (Å²) in [5.74, 6) is -0.855. The first-order valence-electron chi connectivity index (χ1n) is 8.56. The summed E-state index contributed by atoms with van der Waals surface area (Å²) in [5.41, 5.74) is 0.471. The highest BCUT2D eigenvalue weighted by Gasteiger charge is 2.25. The lowest BCUT2D eigenvalue weighted by Crippen LogP contribution is -2.24. The van der Waals surface area contributed by atoms with Crippen molar-refractivity contribution in [2.45, 2.75) is 6.92 Å². The van der Waals surface area contributed by atoms with E-state index in [0.717, 1.165) is 0 Å². The number of halogens is 2. The molecule has 3 aromatic rings. The number of likely N-dealkylation sites (N-methyl/N-ethyl adjacent to an activating group) is 1. The predicted octanol–water partition coefficient (Wildman–Crippen LogP) is 3.82. The summed E-state index contributed by atoms with van der Waals surface area (Å²) in [6.07, 6.45) is 0. The number of hydrogen-bond donors (Lipinski definition) is 2. The van der Waals surface area contributed by atoms with Crippen molar-refractivity contribution < 1.29 is 23.2 Å². The van der Waals surface area contributed by atoms with E-state index in [1.807, 2.05) is 0 Å². The van der Waals surface area contributed by atoms with Gasteiger partial charge in [-0.3, -0.25) is 9.59 Å². The summed E-state index contributed by atoms with van der Waals surface area (Å²) < 4.78 is 24.8. The first-order valence-corrected chi connectivity index (χ1v) is 8.94. The minimum absolute atomic E-state index is 0.00937. The van der Waals surface area contributed by atoms with E-state index < -0.39 is 11.7 Å². The molecule has 2 aromatic carbocycles. The number of carbonyl (C=O) groups is 2. The van der Waals surface area contributed by atoms with Gasteiger partial charge in [-0.1, -0.05) is 28.9 Å². The van der Waals surface area contributed by atoms with Gasteiger partial charge in [0, 0.05) is 18.8 Å². The fourth-order valence-electron chi connectivity index (χ4n) is 2.61. The molecule has 9 heteroatoms. The molecule has 1 heterocycles. The lowest BCUT2D eigenvalue weighted by Gasteiger charge is -2.09. The Balaban J connectivity index is 1.86. The second kappa shape index (κ2) is 8.74. The molecular weight excluding hydrogens is 401 g/mol. The van der Waals surface area contributed by atoms with Gasteiger partial charge in [0.15, 0.2) is 6.61 Å². The van der Waals surface area contributed by atoms with Crippen molar-refractivity contribution in [1.29, 1.82) is 0 Å². The summed E-state index contributed by atoms with van der Waals surface area (Å²) in [5, 5.41) is 9.06. The Kier molecular flexibility index (Phi) is 6.13. The Morgan fingerprint density at radius 1 is 1.24 bits per heavy atom. The largest absolute Gasteiger partial charge is 0.484 e. The molecule has 0 unspecified atom stereocenters. The number of amides is 2. The number of nitrogens with one attached hydrogen (secondary N) is 2. The van der Waals surface area contributed by atoms with Crippen LogP contribution in [0, 0.1) is 12.7 Å². The van der Waals surface area contributed by atoms with Crippen molar-refractivity contribution >= 4 is 29.1 Å². The van der Waals surface area contributed by atoms with E-state index in [1.165, 1.54) is 25.2 Å². The lowest BCUT2D eigenvalue weighted by molar-refractivity contribution is -0.122. The fraction of sp³-hybridized carbons (Fsp3) is 0.150. The molecule has 2 amide bonds. The average Bonchev–Trinajstić information content (AvgIpc) is 3.07. The average molecular weight is 418 g/mol. The van der Waals surface area contributed by atoms with Crippen LogP contribution in [0.5, 0.6) is 5.75 Å². The maximum atomic E-state index is 14.3. The minimum atomic E-state index is -0.621. The molecule has 0 atom stereocenters. The number of carbonyl (C=O) groups excluding carboxylic acids is 2. The summed E-state index contributed by atoms with van der Waals surface area (Å²) in [6, 6.07) is 10.7. The van der Waals surface area contributed by atoms with Crippen molar-refractivity contribution in [2.75, 3.05) is 19.0 Å². The number of rotatable bonds is 6. The molecule has 0 radical (unpaired) electrons. The van der Waals surface area contributed by atoms with Gasteiger partial charge in [0.25, 0.3) is 11.8 Å². The van der Waals surface area contributed by atoms with Crippen LogP contribution in [0.25, 0.3) is 11.3 Å². The van der Waals surface area contributed by atoms with Crippen LogP contribution in [-0.2, 0) is 4.79 Å². The van der Waals surface area contributed by atoms with Crippen molar-refractivity contribution in [3.63, 3.8) is 0 Å². The summed E-state index contributed by atoms with van der Waals surface area (Å²) in [7, 11) is 1.50. The standard InChI is InChI=1S/C20H17ClFN3O4/c1-11-17(19(25-29-11)18-14(21)7-4-8-15(18)22)20(27)24-12-5-3-6-13(9-12)28-10-16(26)23-2/h3-9H,10H2,1-2H3,(H,23,26)(H,24,27). The summed E-state index contributed by atoms with van der Waals surface area (Å²) in [4.78, 5) is 24.2. The highest BCUT2D eigenvalue weighted by molar-refractivity contribution is 6.33. The predicted molar refractivity (Wildman–Crippen MR) is 106 cm³/mol. The Labute approximate surface area is 170 Å². The van der Waals surface area contributed by atoms with Crippen LogP contribution >= 0.6 is 11.6 Å². The van der Waals surface area contributed by atoms with E-state index >= 15 is 0 Å². The van der Waals surface area contributed by atoms with E-state index in [4.69, 9.17) is 20.9 Å². The van der Waals surface area contributed by atoms with Gasteiger partial charge >= 0.3 is 0 Å². The zero-order valence-corrected chi connectivity index (χ0v) is 16.3. The van der Waals surface area contributed by atoms with Crippen molar-refractivity contribution in [2.24, 2.45) is 0 Å². The zero-order chi connectivity index (χ0) is 21.0. The van der Waals surface area contributed by atoms with Crippen LogP contribution in [0.4, 0.5) is 10.1 Å². The third-order valence-corrected chi connectivity index (χ3v) is 4.34. The molecule has 0 aliphatic carbocycles. The number of aromatic nitrogens is 1. The monoisotopic (exact) mass is 417 g/mol. The normalized spacial score (nSPS) is 10.5. The molecule has 7 nitrogen and oxygen atoms in total. The second-order valence-corrected chi connectivity index (χ2v) is 6.41. The highest BCUT2D eigenvalue weighted by Crippen LogP contribution is 2.33. The van der Waals surface area contributed by atoms with Gasteiger partial charge in [0.2, 0.25) is 0 Å². The Bertz CT molecular complexity index is 1050. The Morgan fingerprint density at radius 3 is 2.72 bits per heavy atom. The van der Waals surface area contributed by atoms with Crippen molar-refractivity contribution in [3.05, 3.63) is 64.6 Å². The SMILES string of the molecule is CNC(=O)COc1cccc(NC(=O)c2c(-c3c(F)cccc3Cl)noc2C)c1. The van der Waals surface area contributed by atoms with E-state index in [9.17, 15) is 14.0 Å². The van der Waals surface area contributed by atoms with E-state index in [2.05, 4.69) is 15.8 Å². The molecule has 3 rings (SSSR count). The van der Waals surface area contributed by atoms with Crippen LogP contribution in [0.1, 0.15) is 16.1 Å². The Hall–Kier alpha value is -3.39. The number of aryl methyl sites for hydroxylation is 1. The number of anilines is 1. The van der Waals surface area contributed by atoms with Crippen LogP contribution in [-0.4, -0.2) is 30.6 Å². The van der Waals surface area contributed by atoms with Gasteiger partial charge in [-0.25, -0.2) is 4.39 Å². The quantitative estimate of drug-likeness (QED) is 0.636. The van der Waals surface area contributed by atoms with Gasteiger partial charge in [0.1, 0.15) is 28.6 Å². The van der Waals surface area contributed by atoms with Gasteiger partial charge in [-0.05, 0) is 31.2 Å². The summed E-state index contributed by atoms with van der Waals surface area (Å²) in [6.45, 7) is 1.39. The molecule has 29 heavy (non-hydrogen) atoms. The van der Waals surface area contributed by atoms with Gasteiger partial charge in [0.05, 0.1) is 10.6 Å². The molecule has 0 bridgehead atoms. The lowest BCUT2D eigenvalue weighted by atomic mass is 10.0. The van der Waals surface area contributed by atoms with E-state index in [1.54, 1.807) is 31.2 Å². The zero-order valence-electron chi connectivity index (χ0n) is 15.6. The highest BCUT2D eigenvalue weighted by atomic mass is 35.5.